The number of alkyl halides is 3. The number of piperidine rings is 1. The average molecular weight is 333 g/mol. The van der Waals surface area contributed by atoms with Gasteiger partial charge in [-0.25, -0.2) is 4.98 Å². The van der Waals surface area contributed by atoms with Crippen molar-refractivity contribution >= 4 is 0 Å². The molecule has 1 atom stereocenters. The normalized spacial score (nSPS) is 18.0. The average Bonchev–Trinajstić information content (AvgIpc) is 2.47. The van der Waals surface area contributed by atoms with Crippen LogP contribution in [0, 0.1) is 0 Å². The van der Waals surface area contributed by atoms with Gasteiger partial charge in [0.1, 0.15) is 11.8 Å². The van der Waals surface area contributed by atoms with Gasteiger partial charge in [0.25, 0.3) is 0 Å². The number of aromatic nitrogens is 1. The Labute approximate surface area is 133 Å². The van der Waals surface area contributed by atoms with Gasteiger partial charge in [-0.3, -0.25) is 0 Å². The van der Waals surface area contributed by atoms with Gasteiger partial charge in [-0.15, -0.1) is 0 Å². The Morgan fingerprint density at radius 2 is 2.09 bits per heavy atom. The van der Waals surface area contributed by atoms with E-state index >= 15 is 0 Å². The highest BCUT2D eigenvalue weighted by molar-refractivity contribution is 5.27. The molecule has 2 rings (SSSR count). The van der Waals surface area contributed by atoms with Crippen LogP contribution < -0.4 is 15.4 Å². The fourth-order valence-corrected chi connectivity index (χ4v) is 2.38. The minimum atomic E-state index is -4.52. The maximum Gasteiger partial charge on any atom is 0.433 e. The summed E-state index contributed by atoms with van der Waals surface area (Å²) in [5, 5.41) is 15.3. The topological polar surface area (TPSA) is 66.4 Å². The molecule has 1 aliphatic heterocycles. The number of halogens is 3. The smallest absolute Gasteiger partial charge is 0.433 e. The summed E-state index contributed by atoms with van der Waals surface area (Å²) in [6.45, 7) is 3.68. The first-order chi connectivity index (χ1) is 10.8. The van der Waals surface area contributed by atoms with E-state index in [4.69, 9.17) is 4.74 Å². The van der Waals surface area contributed by atoms with Crippen LogP contribution in [0.4, 0.5) is 13.2 Å². The van der Waals surface area contributed by atoms with Gasteiger partial charge < -0.3 is 20.5 Å². The van der Waals surface area contributed by atoms with Crippen molar-refractivity contribution < 1.29 is 23.0 Å². The fraction of sp³-hybridized carbons (Fsp3) is 0.667. The second kappa shape index (κ2) is 7.94. The molecule has 5 nitrogen and oxygen atoms in total. The van der Waals surface area contributed by atoms with Crippen LogP contribution in [0.25, 0.3) is 0 Å². The molecule has 2 heterocycles. The number of ether oxygens (including phenoxy) is 1. The van der Waals surface area contributed by atoms with Crippen LogP contribution >= 0.6 is 0 Å². The monoisotopic (exact) mass is 333 g/mol. The third-order valence-corrected chi connectivity index (χ3v) is 3.49. The summed E-state index contributed by atoms with van der Waals surface area (Å²) < 4.78 is 44.6. The van der Waals surface area contributed by atoms with E-state index in [9.17, 15) is 18.3 Å². The minimum absolute atomic E-state index is 0.000530. The molecule has 1 aliphatic rings. The largest absolute Gasteiger partial charge is 0.474 e. The van der Waals surface area contributed by atoms with Gasteiger partial charge in [0, 0.05) is 19.2 Å². The molecule has 0 aromatic carbocycles. The summed E-state index contributed by atoms with van der Waals surface area (Å²) in [6, 6.07) is 2.52. The second-order valence-corrected chi connectivity index (χ2v) is 5.74. The Morgan fingerprint density at radius 1 is 1.39 bits per heavy atom. The predicted molar refractivity (Wildman–Crippen MR) is 79.1 cm³/mol. The molecule has 0 spiro atoms. The number of hydrogen-bond donors (Lipinski definition) is 3. The number of hydrogen-bond acceptors (Lipinski definition) is 5. The second-order valence-electron chi connectivity index (χ2n) is 5.74. The summed E-state index contributed by atoms with van der Waals surface area (Å²) in [6.07, 6.45) is -3.72. The molecule has 23 heavy (non-hydrogen) atoms. The molecule has 1 aromatic rings. The predicted octanol–water partition coefficient (Wildman–Crippen LogP) is 1.70. The molecule has 3 N–H and O–H groups in total. The lowest BCUT2D eigenvalue weighted by Crippen LogP contribution is -2.34. The van der Waals surface area contributed by atoms with E-state index in [1.807, 2.05) is 0 Å². The van der Waals surface area contributed by atoms with E-state index in [1.54, 1.807) is 6.92 Å². The van der Waals surface area contributed by atoms with E-state index in [2.05, 4.69) is 15.6 Å². The van der Waals surface area contributed by atoms with Gasteiger partial charge in [-0.1, -0.05) is 0 Å². The Balaban J connectivity index is 2.12. The Bertz CT molecular complexity index is 503. The molecule has 1 unspecified atom stereocenters. The number of rotatable bonds is 6. The first-order valence-corrected chi connectivity index (χ1v) is 7.69. The number of nitrogens with one attached hydrogen (secondary N) is 2. The summed E-state index contributed by atoms with van der Waals surface area (Å²) in [4.78, 5) is 3.60. The lowest BCUT2D eigenvalue weighted by atomic mass is 10.1. The van der Waals surface area contributed by atoms with Crippen LogP contribution in [-0.2, 0) is 12.7 Å². The molecular weight excluding hydrogens is 311 g/mol. The summed E-state index contributed by atoms with van der Waals surface area (Å²) in [5.41, 5.74) is -0.533. The van der Waals surface area contributed by atoms with Crippen molar-refractivity contribution in [2.24, 2.45) is 0 Å². The Morgan fingerprint density at radius 3 is 2.70 bits per heavy atom. The van der Waals surface area contributed by atoms with Gasteiger partial charge in [0.15, 0.2) is 0 Å². The van der Waals surface area contributed by atoms with Gasteiger partial charge in [0.05, 0.1) is 6.10 Å². The van der Waals surface area contributed by atoms with Gasteiger partial charge in [0.2, 0.25) is 5.88 Å². The zero-order chi connectivity index (χ0) is 16.9. The zero-order valence-electron chi connectivity index (χ0n) is 13.0. The molecule has 130 valence electrons. The Hall–Kier alpha value is -1.38. The van der Waals surface area contributed by atoms with Crippen molar-refractivity contribution in [2.75, 3.05) is 19.6 Å². The zero-order valence-corrected chi connectivity index (χ0v) is 13.0. The highest BCUT2D eigenvalue weighted by Gasteiger charge is 2.33. The highest BCUT2D eigenvalue weighted by Crippen LogP contribution is 2.30. The fourth-order valence-electron chi connectivity index (χ4n) is 2.38. The lowest BCUT2D eigenvalue weighted by molar-refractivity contribution is -0.141. The third kappa shape index (κ3) is 5.96. The standard InChI is InChI=1S/C15H22F3N3O2/c1-10(22)8-20-9-11-6-13(15(16,17)18)21-14(7-11)23-12-2-4-19-5-3-12/h6-7,10,12,19-20,22H,2-5,8-9H2,1H3. The van der Waals surface area contributed by atoms with Crippen molar-refractivity contribution in [1.82, 2.24) is 15.6 Å². The lowest BCUT2D eigenvalue weighted by Gasteiger charge is -2.24. The molecule has 1 fully saturated rings. The molecule has 0 bridgehead atoms. The molecule has 8 heteroatoms. The third-order valence-electron chi connectivity index (χ3n) is 3.49. The summed E-state index contributed by atoms with van der Waals surface area (Å²) in [7, 11) is 0. The summed E-state index contributed by atoms with van der Waals surface area (Å²) in [5.74, 6) is 0.000530. The van der Waals surface area contributed by atoms with Crippen molar-refractivity contribution in [1.29, 1.82) is 0 Å². The highest BCUT2D eigenvalue weighted by atomic mass is 19.4. The number of nitrogens with zero attached hydrogens (tertiary/aromatic N) is 1. The van der Waals surface area contributed by atoms with E-state index in [0.29, 0.717) is 12.1 Å². The molecule has 1 saturated heterocycles. The molecule has 0 aliphatic carbocycles. The van der Waals surface area contributed by atoms with Crippen molar-refractivity contribution in [3.8, 4) is 5.88 Å². The molecular formula is C15H22F3N3O2. The van der Waals surface area contributed by atoms with E-state index in [-0.39, 0.29) is 18.5 Å². The van der Waals surface area contributed by atoms with Crippen molar-refractivity contribution in [3.05, 3.63) is 23.4 Å². The number of aliphatic hydroxyl groups is 1. The van der Waals surface area contributed by atoms with Crippen LogP contribution in [0.2, 0.25) is 0 Å². The first kappa shape index (κ1) is 18.0. The van der Waals surface area contributed by atoms with Crippen LogP contribution in [0.1, 0.15) is 31.0 Å². The molecule has 1 aromatic heterocycles. The first-order valence-electron chi connectivity index (χ1n) is 7.69. The maximum atomic E-state index is 13.0. The van der Waals surface area contributed by atoms with Crippen LogP contribution in [-0.4, -0.2) is 41.9 Å². The van der Waals surface area contributed by atoms with Gasteiger partial charge >= 0.3 is 6.18 Å². The van der Waals surface area contributed by atoms with E-state index in [1.165, 1.54) is 6.07 Å². The van der Waals surface area contributed by atoms with Crippen molar-refractivity contribution in [3.63, 3.8) is 0 Å². The molecule has 0 amide bonds. The van der Waals surface area contributed by atoms with Crippen LogP contribution in [0.3, 0.4) is 0 Å². The van der Waals surface area contributed by atoms with Crippen molar-refractivity contribution in [2.45, 2.75) is 44.7 Å². The number of pyridine rings is 1. The van der Waals surface area contributed by atoms with Gasteiger partial charge in [-0.05, 0) is 44.5 Å². The molecule has 0 saturated carbocycles. The minimum Gasteiger partial charge on any atom is -0.474 e. The van der Waals surface area contributed by atoms with E-state index < -0.39 is 18.0 Å². The van der Waals surface area contributed by atoms with Crippen LogP contribution in [0.15, 0.2) is 12.1 Å². The maximum absolute atomic E-state index is 13.0. The quantitative estimate of drug-likeness (QED) is 0.739. The van der Waals surface area contributed by atoms with Gasteiger partial charge in [-0.2, -0.15) is 13.2 Å². The number of aliphatic hydroxyl groups excluding tert-OH is 1. The van der Waals surface area contributed by atoms with E-state index in [0.717, 1.165) is 32.0 Å². The SMILES string of the molecule is CC(O)CNCc1cc(OC2CCNCC2)nc(C(F)(F)F)c1. The van der Waals surface area contributed by atoms with Crippen LogP contribution in [0.5, 0.6) is 5.88 Å². The summed E-state index contributed by atoms with van der Waals surface area (Å²) >= 11 is 0. The molecule has 0 radical (unpaired) electrons. The Kier molecular flexibility index (Phi) is 6.20.